The average molecular weight is 190 g/mol. The summed E-state index contributed by atoms with van der Waals surface area (Å²) in [6.07, 6.45) is 2.11. The van der Waals surface area contributed by atoms with Gasteiger partial charge in [0.05, 0.1) is 6.54 Å². The molecule has 0 amide bonds. The van der Waals surface area contributed by atoms with Crippen LogP contribution in [0.15, 0.2) is 4.99 Å². The lowest BCUT2D eigenvalue weighted by Crippen LogP contribution is -2.23. The highest BCUT2D eigenvalue weighted by molar-refractivity contribution is 8.14. The standard InChI is InChI=1S/C7H14N2S2/c1-6-5-11-7(9-6)8-3-4-10-2/h6H,3-5H2,1-2H3,(H,8,9). The summed E-state index contributed by atoms with van der Waals surface area (Å²) in [7, 11) is 0. The molecule has 0 bridgehead atoms. The van der Waals surface area contributed by atoms with Gasteiger partial charge in [-0.05, 0) is 13.2 Å². The Morgan fingerprint density at radius 3 is 3.18 bits per heavy atom. The van der Waals surface area contributed by atoms with Crippen LogP contribution in [-0.4, -0.2) is 35.5 Å². The Morgan fingerprint density at radius 1 is 1.82 bits per heavy atom. The first-order valence-corrected chi connectivity index (χ1v) is 6.13. The van der Waals surface area contributed by atoms with Crippen LogP contribution in [0.5, 0.6) is 0 Å². The number of rotatable bonds is 3. The van der Waals surface area contributed by atoms with E-state index in [9.17, 15) is 0 Å². The highest BCUT2D eigenvalue weighted by Gasteiger charge is 2.14. The van der Waals surface area contributed by atoms with Gasteiger partial charge in [0.1, 0.15) is 0 Å². The van der Waals surface area contributed by atoms with Crippen LogP contribution in [0.3, 0.4) is 0 Å². The van der Waals surface area contributed by atoms with E-state index in [0.717, 1.165) is 23.2 Å². The van der Waals surface area contributed by atoms with Gasteiger partial charge in [0.25, 0.3) is 0 Å². The van der Waals surface area contributed by atoms with E-state index in [1.807, 2.05) is 23.5 Å². The van der Waals surface area contributed by atoms with Gasteiger partial charge in [-0.15, -0.1) is 0 Å². The molecule has 1 rings (SSSR count). The molecule has 1 aliphatic heterocycles. The summed E-state index contributed by atoms with van der Waals surface area (Å²) in [4.78, 5) is 4.41. The van der Waals surface area contributed by atoms with E-state index in [0.29, 0.717) is 6.04 Å². The minimum atomic E-state index is 0.605. The van der Waals surface area contributed by atoms with Crippen molar-refractivity contribution in [2.24, 2.45) is 4.99 Å². The van der Waals surface area contributed by atoms with Crippen LogP contribution in [0.4, 0.5) is 0 Å². The molecule has 1 heterocycles. The molecule has 1 N–H and O–H groups in total. The van der Waals surface area contributed by atoms with E-state index >= 15 is 0 Å². The van der Waals surface area contributed by atoms with Gasteiger partial charge in [0.2, 0.25) is 0 Å². The largest absolute Gasteiger partial charge is 0.362 e. The molecule has 11 heavy (non-hydrogen) atoms. The molecule has 0 aliphatic carbocycles. The zero-order valence-corrected chi connectivity index (χ0v) is 8.60. The molecule has 0 aromatic heterocycles. The maximum Gasteiger partial charge on any atom is 0.156 e. The number of nitrogens with one attached hydrogen (secondary N) is 1. The van der Waals surface area contributed by atoms with E-state index in [1.165, 1.54) is 0 Å². The summed E-state index contributed by atoms with van der Waals surface area (Å²) in [5, 5.41) is 4.45. The summed E-state index contributed by atoms with van der Waals surface area (Å²) >= 11 is 3.67. The fraction of sp³-hybridized carbons (Fsp3) is 0.857. The minimum Gasteiger partial charge on any atom is -0.362 e. The smallest absolute Gasteiger partial charge is 0.156 e. The number of thioether (sulfide) groups is 2. The summed E-state index contributed by atoms with van der Waals surface area (Å²) < 4.78 is 0. The van der Waals surface area contributed by atoms with Crippen molar-refractivity contribution >= 4 is 28.7 Å². The molecule has 0 saturated carbocycles. The molecular formula is C7H14N2S2. The molecule has 1 unspecified atom stereocenters. The van der Waals surface area contributed by atoms with Crippen molar-refractivity contribution in [2.75, 3.05) is 24.3 Å². The van der Waals surface area contributed by atoms with E-state index < -0.39 is 0 Å². The van der Waals surface area contributed by atoms with Crippen LogP contribution in [0.1, 0.15) is 6.92 Å². The number of nitrogens with zero attached hydrogens (tertiary/aromatic N) is 1. The Bertz CT molecular complexity index is 147. The Morgan fingerprint density at radius 2 is 2.64 bits per heavy atom. The van der Waals surface area contributed by atoms with Crippen molar-refractivity contribution in [3.63, 3.8) is 0 Å². The molecular weight excluding hydrogens is 176 g/mol. The van der Waals surface area contributed by atoms with Gasteiger partial charge in [-0.2, -0.15) is 11.8 Å². The third kappa shape index (κ3) is 3.38. The fourth-order valence-corrected chi connectivity index (χ4v) is 2.06. The topological polar surface area (TPSA) is 24.4 Å². The molecule has 1 aliphatic rings. The lowest BCUT2D eigenvalue weighted by molar-refractivity contribution is 0.765. The number of hydrogen-bond acceptors (Lipinski definition) is 3. The van der Waals surface area contributed by atoms with Crippen LogP contribution < -0.4 is 5.32 Å². The Balaban J connectivity index is 2.19. The zero-order chi connectivity index (χ0) is 8.10. The second kappa shape index (κ2) is 4.93. The maximum absolute atomic E-state index is 4.41. The molecule has 0 aromatic rings. The van der Waals surface area contributed by atoms with Crippen LogP contribution in [0, 0.1) is 0 Å². The molecule has 0 spiro atoms. The molecule has 4 heteroatoms. The lowest BCUT2D eigenvalue weighted by Gasteiger charge is -1.99. The van der Waals surface area contributed by atoms with Gasteiger partial charge in [0.15, 0.2) is 5.17 Å². The fourth-order valence-electron chi connectivity index (χ4n) is 0.828. The van der Waals surface area contributed by atoms with Crippen molar-refractivity contribution in [2.45, 2.75) is 13.0 Å². The number of amidine groups is 1. The van der Waals surface area contributed by atoms with Crippen molar-refractivity contribution in [3.05, 3.63) is 0 Å². The third-order valence-electron chi connectivity index (χ3n) is 1.39. The third-order valence-corrected chi connectivity index (χ3v) is 3.17. The summed E-state index contributed by atoms with van der Waals surface area (Å²) in [6.45, 7) is 3.13. The van der Waals surface area contributed by atoms with Crippen molar-refractivity contribution in [1.82, 2.24) is 5.32 Å². The maximum atomic E-state index is 4.41. The van der Waals surface area contributed by atoms with E-state index in [1.54, 1.807) is 0 Å². The van der Waals surface area contributed by atoms with Crippen LogP contribution in [-0.2, 0) is 0 Å². The molecule has 0 aromatic carbocycles. The Labute approximate surface area is 76.6 Å². The first-order chi connectivity index (χ1) is 5.33. The summed E-state index contributed by atoms with van der Waals surface area (Å²) in [5.41, 5.74) is 0. The number of aliphatic imine (C=N–C) groups is 1. The zero-order valence-electron chi connectivity index (χ0n) is 6.96. The molecule has 2 nitrogen and oxygen atoms in total. The second-order valence-electron chi connectivity index (χ2n) is 2.54. The first kappa shape index (κ1) is 9.26. The second-order valence-corrected chi connectivity index (χ2v) is 4.53. The number of hydrogen-bond donors (Lipinski definition) is 1. The molecule has 1 fully saturated rings. The van der Waals surface area contributed by atoms with Crippen LogP contribution in [0.2, 0.25) is 0 Å². The van der Waals surface area contributed by atoms with Gasteiger partial charge < -0.3 is 5.32 Å². The summed E-state index contributed by atoms with van der Waals surface area (Å²) in [5.74, 6) is 2.29. The van der Waals surface area contributed by atoms with Gasteiger partial charge >= 0.3 is 0 Å². The quantitative estimate of drug-likeness (QED) is 0.681. The van der Waals surface area contributed by atoms with E-state index in [-0.39, 0.29) is 0 Å². The predicted octanol–water partition coefficient (Wildman–Crippen LogP) is 1.43. The highest BCUT2D eigenvalue weighted by atomic mass is 32.2. The average Bonchev–Trinajstić information content (AvgIpc) is 2.37. The summed E-state index contributed by atoms with van der Waals surface area (Å²) in [6, 6.07) is 0.605. The van der Waals surface area contributed by atoms with E-state index in [4.69, 9.17) is 0 Å². The molecule has 64 valence electrons. The van der Waals surface area contributed by atoms with Gasteiger partial charge in [-0.3, -0.25) is 4.99 Å². The molecule has 1 saturated heterocycles. The normalized spacial score (nSPS) is 27.5. The first-order valence-electron chi connectivity index (χ1n) is 3.75. The Kier molecular flexibility index (Phi) is 4.15. The van der Waals surface area contributed by atoms with Crippen LogP contribution in [0.25, 0.3) is 0 Å². The lowest BCUT2D eigenvalue weighted by atomic mass is 10.4. The monoisotopic (exact) mass is 190 g/mol. The van der Waals surface area contributed by atoms with Gasteiger partial charge in [0, 0.05) is 17.5 Å². The predicted molar refractivity (Wildman–Crippen MR) is 55.7 cm³/mol. The van der Waals surface area contributed by atoms with Crippen molar-refractivity contribution in [1.29, 1.82) is 0 Å². The van der Waals surface area contributed by atoms with Crippen LogP contribution >= 0.6 is 23.5 Å². The van der Waals surface area contributed by atoms with Gasteiger partial charge in [-0.25, -0.2) is 0 Å². The molecule has 1 atom stereocenters. The van der Waals surface area contributed by atoms with Crippen molar-refractivity contribution in [3.8, 4) is 0 Å². The Hall–Kier alpha value is 0.170. The highest BCUT2D eigenvalue weighted by Crippen LogP contribution is 2.12. The molecule has 0 radical (unpaired) electrons. The van der Waals surface area contributed by atoms with Crippen molar-refractivity contribution < 1.29 is 0 Å². The van der Waals surface area contributed by atoms with E-state index in [2.05, 4.69) is 23.5 Å². The van der Waals surface area contributed by atoms with Gasteiger partial charge in [-0.1, -0.05) is 11.8 Å². The SMILES string of the molecule is CSCCN=C1NC(C)CS1. The minimum absolute atomic E-state index is 0.605.